The van der Waals surface area contributed by atoms with Crippen LogP contribution in [0.5, 0.6) is 11.5 Å². The third-order valence-corrected chi connectivity index (χ3v) is 9.35. The Labute approximate surface area is 275 Å². The van der Waals surface area contributed by atoms with E-state index in [0.717, 1.165) is 61.5 Å². The number of anilines is 1. The summed E-state index contributed by atoms with van der Waals surface area (Å²) in [4.78, 5) is 13.7. The lowest BCUT2D eigenvalue weighted by Crippen LogP contribution is -2.39. The second-order valence-corrected chi connectivity index (χ2v) is 12.5. The van der Waals surface area contributed by atoms with Crippen LogP contribution in [-0.2, 0) is 17.8 Å². The van der Waals surface area contributed by atoms with Gasteiger partial charge in [0.05, 0.1) is 36.6 Å². The van der Waals surface area contributed by atoms with E-state index in [0.29, 0.717) is 42.4 Å². The van der Waals surface area contributed by atoms with E-state index in [2.05, 4.69) is 52.8 Å². The molecule has 1 fully saturated rings. The van der Waals surface area contributed by atoms with Gasteiger partial charge in [0.25, 0.3) is 0 Å². The van der Waals surface area contributed by atoms with E-state index in [1.165, 1.54) is 16.7 Å². The van der Waals surface area contributed by atoms with Crippen LogP contribution in [-0.4, -0.2) is 72.8 Å². The van der Waals surface area contributed by atoms with Gasteiger partial charge in [0.2, 0.25) is 0 Å². The van der Waals surface area contributed by atoms with E-state index in [4.69, 9.17) is 21.1 Å². The zero-order valence-corrected chi connectivity index (χ0v) is 27.4. The standard InChI is InChI=1S/C36H45ClFN3O5/c1-3-45-35-20-32(30(37)19-24(35)21-39-33(22-42)36(43)44)40-31-12-11-28-27(8-4-9-29(28)31)26-7-5-10-34(23(26)2)46-18-6-15-41-16-13-25(38)14-17-41/h4-5,7-10,19-20,25,31,33,39-40,42H,3,6,11-18,21-22H2,1-2H3,(H,43,44)/t31?,33-/m0/s1. The molecule has 3 aromatic carbocycles. The molecule has 3 aromatic rings. The minimum atomic E-state index is -1.12. The number of carboxylic acid groups (broad SMARTS) is 1. The molecule has 1 saturated heterocycles. The van der Waals surface area contributed by atoms with Gasteiger partial charge >= 0.3 is 5.97 Å². The van der Waals surface area contributed by atoms with Gasteiger partial charge in [-0.15, -0.1) is 0 Å². The van der Waals surface area contributed by atoms with Crippen LogP contribution in [0.1, 0.15) is 60.9 Å². The van der Waals surface area contributed by atoms with Gasteiger partial charge in [-0.05, 0) is 85.9 Å². The molecule has 10 heteroatoms. The summed E-state index contributed by atoms with van der Waals surface area (Å²) in [6.07, 6.45) is 3.34. The number of ether oxygens (including phenoxy) is 2. The van der Waals surface area contributed by atoms with Crippen molar-refractivity contribution in [2.75, 3.05) is 44.8 Å². The molecule has 248 valence electrons. The number of hydrogen-bond acceptors (Lipinski definition) is 7. The summed E-state index contributed by atoms with van der Waals surface area (Å²) in [7, 11) is 0. The van der Waals surface area contributed by atoms with Gasteiger partial charge in [0.1, 0.15) is 23.7 Å². The number of nitrogens with one attached hydrogen (secondary N) is 2. The molecule has 0 spiro atoms. The quantitative estimate of drug-likeness (QED) is 0.137. The van der Waals surface area contributed by atoms with E-state index in [1.807, 2.05) is 19.1 Å². The highest BCUT2D eigenvalue weighted by Gasteiger charge is 2.27. The molecule has 1 unspecified atom stereocenters. The zero-order valence-electron chi connectivity index (χ0n) is 26.7. The average Bonchev–Trinajstić information content (AvgIpc) is 3.46. The lowest BCUT2D eigenvalue weighted by molar-refractivity contribution is -0.140. The first-order valence-electron chi connectivity index (χ1n) is 16.3. The molecule has 0 bridgehead atoms. The van der Waals surface area contributed by atoms with Gasteiger partial charge in [-0.2, -0.15) is 0 Å². The van der Waals surface area contributed by atoms with Crippen LogP contribution in [0.25, 0.3) is 11.1 Å². The number of carbonyl (C=O) groups is 1. The molecule has 0 aromatic heterocycles. The molecule has 2 atom stereocenters. The summed E-state index contributed by atoms with van der Waals surface area (Å²) in [6, 6.07) is 15.3. The molecular formula is C36H45ClFN3O5. The maximum atomic E-state index is 13.4. The van der Waals surface area contributed by atoms with Crippen molar-refractivity contribution in [3.8, 4) is 22.6 Å². The highest BCUT2D eigenvalue weighted by Crippen LogP contribution is 2.43. The molecule has 1 aliphatic carbocycles. The van der Waals surface area contributed by atoms with Crippen molar-refractivity contribution in [2.45, 2.75) is 70.8 Å². The molecule has 8 nitrogen and oxygen atoms in total. The molecule has 1 heterocycles. The first-order valence-corrected chi connectivity index (χ1v) is 16.7. The Morgan fingerprint density at radius 2 is 1.85 bits per heavy atom. The predicted molar refractivity (Wildman–Crippen MR) is 180 cm³/mol. The Kier molecular flexibility index (Phi) is 11.8. The Morgan fingerprint density at radius 3 is 2.59 bits per heavy atom. The van der Waals surface area contributed by atoms with Crippen molar-refractivity contribution in [3.63, 3.8) is 0 Å². The molecule has 4 N–H and O–H groups in total. The smallest absolute Gasteiger partial charge is 0.323 e. The number of fused-ring (bicyclic) bond motifs is 1. The number of likely N-dealkylation sites (tertiary alicyclic amines) is 1. The number of carboxylic acids is 1. The van der Waals surface area contributed by atoms with Gasteiger partial charge in [0, 0.05) is 37.8 Å². The van der Waals surface area contributed by atoms with E-state index in [1.54, 1.807) is 6.07 Å². The summed E-state index contributed by atoms with van der Waals surface area (Å²) in [6.45, 7) is 7.32. The number of alkyl halides is 1. The molecule has 0 radical (unpaired) electrons. The fourth-order valence-corrected chi connectivity index (χ4v) is 6.74. The van der Waals surface area contributed by atoms with Crippen molar-refractivity contribution >= 4 is 23.3 Å². The van der Waals surface area contributed by atoms with Crippen LogP contribution >= 0.6 is 11.6 Å². The number of piperidine rings is 1. The van der Waals surface area contributed by atoms with Crippen molar-refractivity contribution in [1.82, 2.24) is 10.2 Å². The van der Waals surface area contributed by atoms with E-state index < -0.39 is 24.8 Å². The average molecular weight is 654 g/mol. The Balaban J connectivity index is 1.28. The second-order valence-electron chi connectivity index (χ2n) is 12.1. The number of hydrogen-bond donors (Lipinski definition) is 4. The normalized spacial score (nSPS) is 17.5. The number of aliphatic hydroxyl groups is 1. The summed E-state index contributed by atoms with van der Waals surface area (Å²) in [5, 5.41) is 25.6. The van der Waals surface area contributed by atoms with Crippen LogP contribution in [0.3, 0.4) is 0 Å². The van der Waals surface area contributed by atoms with Crippen molar-refractivity contribution < 1.29 is 28.9 Å². The van der Waals surface area contributed by atoms with E-state index >= 15 is 0 Å². The second kappa shape index (κ2) is 16.0. The van der Waals surface area contributed by atoms with Crippen LogP contribution in [0.15, 0.2) is 48.5 Å². The number of benzene rings is 3. The summed E-state index contributed by atoms with van der Waals surface area (Å²) >= 11 is 6.74. The molecule has 5 rings (SSSR count). The largest absolute Gasteiger partial charge is 0.493 e. The maximum Gasteiger partial charge on any atom is 0.323 e. The Bertz CT molecular complexity index is 1500. The molecule has 1 aliphatic heterocycles. The van der Waals surface area contributed by atoms with E-state index in [-0.39, 0.29) is 12.6 Å². The number of rotatable bonds is 15. The van der Waals surface area contributed by atoms with Crippen molar-refractivity contribution in [1.29, 1.82) is 0 Å². The highest BCUT2D eigenvalue weighted by molar-refractivity contribution is 6.33. The summed E-state index contributed by atoms with van der Waals surface area (Å²) < 4.78 is 25.6. The SMILES string of the molecule is CCOc1cc(NC2CCc3c(-c4cccc(OCCCN5CCC(F)CC5)c4C)cccc32)c(Cl)cc1CN[C@@H](CO)C(=O)O. The Hall–Kier alpha value is -3.37. The third-order valence-electron chi connectivity index (χ3n) is 9.04. The number of aliphatic carboxylic acids is 1. The maximum absolute atomic E-state index is 13.4. The predicted octanol–water partition coefficient (Wildman–Crippen LogP) is 6.55. The lowest BCUT2D eigenvalue weighted by atomic mass is 9.93. The Morgan fingerprint density at radius 1 is 1.09 bits per heavy atom. The number of halogens is 2. The lowest BCUT2D eigenvalue weighted by Gasteiger charge is -2.28. The van der Waals surface area contributed by atoms with Crippen LogP contribution in [0, 0.1) is 6.92 Å². The van der Waals surface area contributed by atoms with E-state index in [9.17, 15) is 19.4 Å². The summed E-state index contributed by atoms with van der Waals surface area (Å²) in [5.74, 6) is 0.373. The van der Waals surface area contributed by atoms with Gasteiger partial charge in [-0.25, -0.2) is 4.39 Å². The van der Waals surface area contributed by atoms with Gasteiger partial charge in [-0.3, -0.25) is 10.1 Å². The molecule has 0 saturated carbocycles. The molecule has 0 amide bonds. The van der Waals surface area contributed by atoms with Crippen LogP contribution in [0.2, 0.25) is 5.02 Å². The minimum Gasteiger partial charge on any atom is -0.493 e. The molecule has 2 aliphatic rings. The van der Waals surface area contributed by atoms with Gasteiger partial charge in [0.15, 0.2) is 0 Å². The summed E-state index contributed by atoms with van der Waals surface area (Å²) in [5.41, 5.74) is 7.48. The fourth-order valence-electron chi connectivity index (χ4n) is 6.50. The zero-order chi connectivity index (χ0) is 32.6. The topological polar surface area (TPSA) is 103 Å². The molecule has 46 heavy (non-hydrogen) atoms. The third kappa shape index (κ3) is 8.12. The van der Waals surface area contributed by atoms with Crippen LogP contribution < -0.4 is 20.1 Å². The number of nitrogens with zero attached hydrogens (tertiary/aromatic N) is 1. The van der Waals surface area contributed by atoms with Gasteiger partial charge < -0.3 is 29.9 Å². The minimum absolute atomic E-state index is 0.0545. The monoisotopic (exact) mass is 653 g/mol. The van der Waals surface area contributed by atoms with Crippen LogP contribution in [0.4, 0.5) is 10.1 Å². The fraction of sp³-hybridized carbons (Fsp3) is 0.472. The first-order chi connectivity index (χ1) is 22.3. The molecular weight excluding hydrogens is 609 g/mol. The van der Waals surface area contributed by atoms with Crippen molar-refractivity contribution in [2.24, 2.45) is 0 Å². The van der Waals surface area contributed by atoms with Gasteiger partial charge in [-0.1, -0.05) is 41.9 Å². The number of aliphatic hydroxyl groups excluding tert-OH is 1. The first kappa shape index (κ1) is 34.0. The highest BCUT2D eigenvalue weighted by atomic mass is 35.5. The van der Waals surface area contributed by atoms with Crippen molar-refractivity contribution in [3.05, 3.63) is 75.8 Å².